The Bertz CT molecular complexity index is 489. The summed E-state index contributed by atoms with van der Waals surface area (Å²) in [5.74, 6) is 1.75. The van der Waals surface area contributed by atoms with Crippen LogP contribution in [-0.2, 0) is 4.74 Å². The second kappa shape index (κ2) is 4.80. The van der Waals surface area contributed by atoms with Gasteiger partial charge in [0, 0.05) is 5.56 Å². The topological polar surface area (TPSA) is 18.5 Å². The van der Waals surface area contributed by atoms with Crippen molar-refractivity contribution in [2.45, 2.75) is 13.8 Å². The molecule has 0 spiro atoms. The van der Waals surface area contributed by atoms with Crippen LogP contribution in [0.1, 0.15) is 30.5 Å². The molecule has 87 valence electrons. The van der Waals surface area contributed by atoms with Gasteiger partial charge in [0.1, 0.15) is 11.5 Å². The van der Waals surface area contributed by atoms with E-state index in [-0.39, 0.29) is 0 Å². The van der Waals surface area contributed by atoms with Gasteiger partial charge in [-0.1, -0.05) is 24.8 Å². The number of fused-ring (bicyclic) bond motifs is 1. The molecule has 0 amide bonds. The van der Waals surface area contributed by atoms with Gasteiger partial charge in [-0.2, -0.15) is 0 Å². The molecule has 3 radical (unpaired) electrons. The van der Waals surface area contributed by atoms with Crippen molar-refractivity contribution in [2.24, 2.45) is 0 Å². The second-order valence-electron chi connectivity index (χ2n) is 3.68. The zero-order valence-corrected chi connectivity index (χ0v) is 11.2. The number of rotatable bonds is 5. The van der Waals surface area contributed by atoms with E-state index in [1.165, 1.54) is 0 Å². The van der Waals surface area contributed by atoms with Crippen LogP contribution in [0.5, 0.6) is 5.75 Å². The number of hydrogen-bond donors (Lipinski definition) is 0. The van der Waals surface area contributed by atoms with Crippen LogP contribution in [0, 0.1) is 0 Å². The number of hydrogen-bond acceptors (Lipinski definition) is 2. The summed E-state index contributed by atoms with van der Waals surface area (Å²) in [5, 5.41) is 1.01. The number of benzene rings is 1. The minimum absolute atomic E-state index is 0.633. The molecule has 17 heavy (non-hydrogen) atoms. The van der Waals surface area contributed by atoms with Crippen LogP contribution in [0.4, 0.5) is 0 Å². The SMILES string of the molecule is C=Cc1ccc2c(c1OCC)C(OCC)=C2[Si]. The summed E-state index contributed by atoms with van der Waals surface area (Å²) in [6.45, 7) is 9.04. The van der Waals surface area contributed by atoms with Gasteiger partial charge in [0.15, 0.2) is 0 Å². The Morgan fingerprint density at radius 3 is 2.53 bits per heavy atom. The molecule has 0 aliphatic heterocycles. The van der Waals surface area contributed by atoms with E-state index in [1.54, 1.807) is 6.08 Å². The van der Waals surface area contributed by atoms with Gasteiger partial charge >= 0.3 is 0 Å². The van der Waals surface area contributed by atoms with E-state index in [1.807, 2.05) is 19.9 Å². The first-order valence-electron chi connectivity index (χ1n) is 5.76. The smallest absolute Gasteiger partial charge is 0.138 e. The largest absolute Gasteiger partial charge is 0.493 e. The molecule has 0 bridgehead atoms. The van der Waals surface area contributed by atoms with Crippen LogP contribution in [0.25, 0.3) is 17.0 Å². The average molecular weight is 243 g/mol. The van der Waals surface area contributed by atoms with Gasteiger partial charge in [0.25, 0.3) is 0 Å². The summed E-state index contributed by atoms with van der Waals surface area (Å²) < 4.78 is 11.3. The summed E-state index contributed by atoms with van der Waals surface area (Å²) in [6.07, 6.45) is 1.81. The lowest BCUT2D eigenvalue weighted by Crippen LogP contribution is -2.13. The van der Waals surface area contributed by atoms with E-state index < -0.39 is 0 Å². The van der Waals surface area contributed by atoms with Crippen molar-refractivity contribution in [1.82, 2.24) is 0 Å². The Kier molecular flexibility index (Phi) is 3.38. The van der Waals surface area contributed by atoms with Gasteiger partial charge in [0.2, 0.25) is 0 Å². The highest BCUT2D eigenvalue weighted by molar-refractivity contribution is 6.50. The lowest BCUT2D eigenvalue weighted by molar-refractivity contribution is 0.290. The molecule has 1 aromatic rings. The molecular weight excluding hydrogens is 228 g/mol. The summed E-state index contributed by atoms with van der Waals surface area (Å²) in [5.41, 5.74) is 3.19. The van der Waals surface area contributed by atoms with E-state index in [9.17, 15) is 0 Å². The van der Waals surface area contributed by atoms with E-state index in [0.29, 0.717) is 13.2 Å². The van der Waals surface area contributed by atoms with Crippen LogP contribution < -0.4 is 4.74 Å². The normalized spacial score (nSPS) is 12.9. The molecule has 0 N–H and O–H groups in total. The Morgan fingerprint density at radius 1 is 1.24 bits per heavy atom. The fourth-order valence-electron chi connectivity index (χ4n) is 1.97. The summed E-state index contributed by atoms with van der Waals surface area (Å²) in [4.78, 5) is 0. The third kappa shape index (κ3) is 1.80. The molecule has 1 aromatic carbocycles. The van der Waals surface area contributed by atoms with Gasteiger partial charge in [0.05, 0.1) is 29.0 Å². The standard InChI is InChI=1S/C14H15O2Si/c1-4-9-7-8-10-11(12(9)15-5-2)13(14(10)17)16-6-3/h4,7-8H,1,5-6H2,2-3H3. The molecule has 0 atom stereocenters. The van der Waals surface area contributed by atoms with Gasteiger partial charge in [-0.3, -0.25) is 0 Å². The molecule has 3 heteroatoms. The molecule has 1 aliphatic rings. The van der Waals surface area contributed by atoms with Gasteiger partial charge in [-0.25, -0.2) is 0 Å². The molecule has 1 aliphatic carbocycles. The average Bonchev–Trinajstić information content (AvgIpc) is 2.35. The molecule has 0 saturated heterocycles. The Balaban J connectivity index is 2.50. The molecule has 0 fully saturated rings. The van der Waals surface area contributed by atoms with Gasteiger partial charge < -0.3 is 9.47 Å². The van der Waals surface area contributed by atoms with E-state index >= 15 is 0 Å². The summed E-state index contributed by atoms with van der Waals surface area (Å²) >= 11 is 0. The van der Waals surface area contributed by atoms with Crippen LogP contribution >= 0.6 is 0 Å². The van der Waals surface area contributed by atoms with Crippen molar-refractivity contribution >= 4 is 27.3 Å². The summed E-state index contributed by atoms with van der Waals surface area (Å²) in [6, 6.07) is 4.07. The van der Waals surface area contributed by atoms with Crippen molar-refractivity contribution in [3.05, 3.63) is 35.4 Å². The zero-order valence-electron chi connectivity index (χ0n) is 10.2. The van der Waals surface area contributed by atoms with Gasteiger partial charge in [-0.15, -0.1) is 0 Å². The van der Waals surface area contributed by atoms with E-state index in [2.05, 4.69) is 22.9 Å². The first-order chi connectivity index (χ1) is 8.24. The highest BCUT2D eigenvalue weighted by atomic mass is 28.1. The van der Waals surface area contributed by atoms with Crippen LogP contribution in [0.2, 0.25) is 0 Å². The summed E-state index contributed by atoms with van der Waals surface area (Å²) in [7, 11) is 3.59. The Labute approximate surface area is 105 Å². The quantitative estimate of drug-likeness (QED) is 0.740. The fraction of sp³-hybridized carbons (Fsp3) is 0.286. The van der Waals surface area contributed by atoms with Crippen LogP contribution in [0.15, 0.2) is 18.7 Å². The maximum absolute atomic E-state index is 5.71. The third-order valence-corrected chi connectivity index (χ3v) is 3.21. The fourth-order valence-corrected chi connectivity index (χ4v) is 2.37. The second-order valence-corrected chi connectivity index (χ2v) is 4.18. The predicted octanol–water partition coefficient (Wildman–Crippen LogP) is 3.07. The van der Waals surface area contributed by atoms with Crippen molar-refractivity contribution < 1.29 is 9.47 Å². The molecular formula is C14H15O2Si. The van der Waals surface area contributed by atoms with Crippen molar-refractivity contribution in [3.63, 3.8) is 0 Å². The molecule has 2 nitrogen and oxygen atoms in total. The predicted molar refractivity (Wildman–Crippen MR) is 71.9 cm³/mol. The Morgan fingerprint density at radius 2 is 1.94 bits per heavy atom. The highest BCUT2D eigenvalue weighted by Crippen LogP contribution is 2.46. The monoisotopic (exact) mass is 243 g/mol. The van der Waals surface area contributed by atoms with Crippen molar-refractivity contribution in [3.8, 4) is 5.75 Å². The number of ether oxygens (including phenoxy) is 2. The first-order valence-corrected chi connectivity index (χ1v) is 6.26. The Hall–Kier alpha value is -1.48. The first kappa shape index (κ1) is 12.0. The molecule has 2 rings (SSSR count). The molecule has 0 aromatic heterocycles. The lowest BCUT2D eigenvalue weighted by atomic mass is 9.91. The highest BCUT2D eigenvalue weighted by Gasteiger charge is 2.29. The van der Waals surface area contributed by atoms with Gasteiger partial charge in [-0.05, 0) is 24.6 Å². The van der Waals surface area contributed by atoms with Crippen molar-refractivity contribution in [2.75, 3.05) is 13.2 Å². The van der Waals surface area contributed by atoms with Crippen molar-refractivity contribution in [1.29, 1.82) is 0 Å². The molecule has 0 saturated carbocycles. The maximum atomic E-state index is 5.71. The van der Waals surface area contributed by atoms with E-state index in [0.717, 1.165) is 33.4 Å². The minimum atomic E-state index is 0.633. The zero-order chi connectivity index (χ0) is 12.4. The molecule has 0 heterocycles. The minimum Gasteiger partial charge on any atom is -0.493 e. The molecule has 0 unspecified atom stereocenters. The maximum Gasteiger partial charge on any atom is 0.138 e. The van der Waals surface area contributed by atoms with Crippen LogP contribution in [-0.4, -0.2) is 23.5 Å². The lowest BCUT2D eigenvalue weighted by Gasteiger charge is -2.28. The van der Waals surface area contributed by atoms with E-state index in [4.69, 9.17) is 9.47 Å². The van der Waals surface area contributed by atoms with Crippen LogP contribution in [0.3, 0.4) is 0 Å². The third-order valence-electron chi connectivity index (χ3n) is 2.71.